The van der Waals surface area contributed by atoms with E-state index in [1.807, 2.05) is 0 Å². The van der Waals surface area contributed by atoms with Crippen molar-refractivity contribution in [1.29, 1.82) is 0 Å². The highest BCUT2D eigenvalue weighted by Gasteiger charge is 2.26. The largest absolute Gasteiger partial charge is 0.481 e. The second-order valence-corrected chi connectivity index (χ2v) is 12.5. The number of carbonyl (C=O) groups is 1. The van der Waals surface area contributed by atoms with Gasteiger partial charge in [0.2, 0.25) is 0 Å². The fraction of sp³-hybridized carbons (Fsp3) is 0.605. The summed E-state index contributed by atoms with van der Waals surface area (Å²) < 4.78 is 0. The zero-order chi connectivity index (χ0) is 29.6. The van der Waals surface area contributed by atoms with Gasteiger partial charge in [-0.1, -0.05) is 137 Å². The average molecular weight is 549 g/mol. The average Bonchev–Trinajstić information content (AvgIpc) is 2.89. The van der Waals surface area contributed by atoms with Crippen LogP contribution in [0, 0.1) is 11.3 Å². The Kier molecular flexibility index (Phi) is 19.1. The van der Waals surface area contributed by atoms with Crippen molar-refractivity contribution in [3.63, 3.8) is 0 Å². The number of rotatable bonds is 20. The summed E-state index contributed by atoms with van der Waals surface area (Å²) in [7, 11) is 0. The standard InChI is InChI=1S/C38H60O2/c1-7-8-9-10-11-12-13-14-15-16-17-18-19-20-26-35(37(39)40)29-27-32(2)23-21-24-33(3)28-30-36-34(4)25-22-31-38(36,5)6/h12-15,21,23-24,27-28,30,35H,7-11,16-20,22,25-26,29,31H2,1-6H3,(H,39,40)/b13-12+,15-14-,23-21+,30-28+,32-27+,33-24+. The fourth-order valence-electron chi connectivity index (χ4n) is 5.42. The number of carboxylic acids is 1. The molecule has 2 nitrogen and oxygen atoms in total. The lowest BCUT2D eigenvalue weighted by molar-refractivity contribution is -0.141. The molecule has 0 spiro atoms. The molecule has 1 rings (SSSR count). The Bertz CT molecular complexity index is 933. The van der Waals surface area contributed by atoms with Gasteiger partial charge in [0.05, 0.1) is 5.92 Å². The highest BCUT2D eigenvalue weighted by molar-refractivity contribution is 5.70. The van der Waals surface area contributed by atoms with Crippen LogP contribution < -0.4 is 0 Å². The molecule has 0 aromatic rings. The second kappa shape index (κ2) is 21.4. The normalized spacial score (nSPS) is 17.8. The van der Waals surface area contributed by atoms with E-state index < -0.39 is 5.97 Å². The van der Waals surface area contributed by atoms with Crippen molar-refractivity contribution in [2.45, 2.75) is 138 Å². The molecular weight excluding hydrogens is 488 g/mol. The Balaban J connectivity index is 2.34. The van der Waals surface area contributed by atoms with Gasteiger partial charge in [-0.15, -0.1) is 0 Å². The molecule has 0 fully saturated rings. The van der Waals surface area contributed by atoms with Gasteiger partial charge in [-0.05, 0) is 89.5 Å². The first-order valence-electron chi connectivity index (χ1n) is 16.1. The molecule has 0 saturated carbocycles. The lowest BCUT2D eigenvalue weighted by atomic mass is 9.72. The zero-order valence-electron chi connectivity index (χ0n) is 26.8. The maximum absolute atomic E-state index is 11.8. The molecule has 0 amide bonds. The van der Waals surface area contributed by atoms with Gasteiger partial charge in [-0.3, -0.25) is 4.79 Å². The van der Waals surface area contributed by atoms with Crippen molar-refractivity contribution in [3.8, 4) is 0 Å². The van der Waals surface area contributed by atoms with Crippen LogP contribution in [0.25, 0.3) is 0 Å². The lowest BCUT2D eigenvalue weighted by Crippen LogP contribution is -2.19. The van der Waals surface area contributed by atoms with Crippen LogP contribution in [0.4, 0.5) is 0 Å². The van der Waals surface area contributed by atoms with Gasteiger partial charge in [-0.25, -0.2) is 0 Å². The Morgan fingerprint density at radius 2 is 1.55 bits per heavy atom. The van der Waals surface area contributed by atoms with Gasteiger partial charge in [0.1, 0.15) is 0 Å². The van der Waals surface area contributed by atoms with Gasteiger partial charge in [0, 0.05) is 0 Å². The van der Waals surface area contributed by atoms with Crippen molar-refractivity contribution in [1.82, 2.24) is 0 Å². The molecule has 0 heterocycles. The molecule has 0 aromatic carbocycles. The summed E-state index contributed by atoms with van der Waals surface area (Å²) in [6.45, 7) is 13.4. The Hall–Kier alpha value is -2.35. The monoisotopic (exact) mass is 548 g/mol. The van der Waals surface area contributed by atoms with E-state index in [1.165, 1.54) is 80.9 Å². The fourth-order valence-corrected chi connectivity index (χ4v) is 5.42. The van der Waals surface area contributed by atoms with Gasteiger partial charge in [0.15, 0.2) is 0 Å². The summed E-state index contributed by atoms with van der Waals surface area (Å²) in [6, 6.07) is 0. The molecule has 2 heteroatoms. The first-order valence-corrected chi connectivity index (χ1v) is 16.1. The van der Waals surface area contributed by atoms with E-state index in [1.54, 1.807) is 0 Å². The van der Waals surface area contributed by atoms with Crippen LogP contribution in [0.15, 0.2) is 83.1 Å². The van der Waals surface area contributed by atoms with E-state index in [9.17, 15) is 9.90 Å². The number of hydrogen-bond acceptors (Lipinski definition) is 1. The molecule has 0 aliphatic heterocycles. The highest BCUT2D eigenvalue weighted by Crippen LogP contribution is 2.40. The topological polar surface area (TPSA) is 37.3 Å². The van der Waals surface area contributed by atoms with Crippen LogP contribution in [0.1, 0.15) is 138 Å². The number of carboxylic acid groups (broad SMARTS) is 1. The van der Waals surface area contributed by atoms with Crippen LogP contribution in [0.5, 0.6) is 0 Å². The van der Waals surface area contributed by atoms with Crippen LogP contribution in [0.2, 0.25) is 0 Å². The molecule has 1 N–H and O–H groups in total. The molecule has 0 saturated heterocycles. The summed E-state index contributed by atoms with van der Waals surface area (Å²) in [5, 5.41) is 9.68. The number of aliphatic carboxylic acids is 1. The third-order valence-corrected chi connectivity index (χ3v) is 8.13. The predicted octanol–water partition coefficient (Wildman–Crippen LogP) is 12.0. The molecule has 0 aromatic heterocycles. The molecule has 224 valence electrons. The third-order valence-electron chi connectivity index (χ3n) is 8.13. The summed E-state index contributed by atoms with van der Waals surface area (Å²) >= 11 is 0. The molecule has 1 atom stereocenters. The van der Waals surface area contributed by atoms with E-state index in [4.69, 9.17) is 0 Å². The van der Waals surface area contributed by atoms with Crippen LogP contribution in [0.3, 0.4) is 0 Å². The summed E-state index contributed by atoms with van der Waals surface area (Å²) in [5.41, 5.74) is 5.61. The third kappa shape index (κ3) is 16.7. The van der Waals surface area contributed by atoms with Crippen molar-refractivity contribution >= 4 is 5.97 Å². The maximum atomic E-state index is 11.8. The maximum Gasteiger partial charge on any atom is 0.306 e. The molecule has 1 unspecified atom stereocenters. The van der Waals surface area contributed by atoms with E-state index in [0.29, 0.717) is 6.42 Å². The van der Waals surface area contributed by atoms with Gasteiger partial charge in [-0.2, -0.15) is 0 Å². The summed E-state index contributed by atoms with van der Waals surface area (Å²) in [5.74, 6) is -0.963. The number of hydrogen-bond donors (Lipinski definition) is 1. The van der Waals surface area contributed by atoms with E-state index in [-0.39, 0.29) is 11.3 Å². The summed E-state index contributed by atoms with van der Waals surface area (Å²) in [4.78, 5) is 11.8. The van der Waals surface area contributed by atoms with Gasteiger partial charge >= 0.3 is 5.97 Å². The van der Waals surface area contributed by atoms with E-state index in [0.717, 1.165) is 31.3 Å². The second-order valence-electron chi connectivity index (χ2n) is 12.5. The SMILES string of the molecule is CCCCCC/C=C/C=C\CCCCCCC(C/C=C(C)/C=C/C=C(C)/C=C/C1=C(C)CCCC1(C)C)C(=O)O. The quantitative estimate of drug-likeness (QED) is 0.121. The minimum atomic E-state index is -0.673. The van der Waals surface area contributed by atoms with Crippen molar-refractivity contribution < 1.29 is 9.90 Å². The van der Waals surface area contributed by atoms with E-state index >= 15 is 0 Å². The van der Waals surface area contributed by atoms with Crippen molar-refractivity contribution in [2.24, 2.45) is 11.3 Å². The minimum Gasteiger partial charge on any atom is -0.481 e. The van der Waals surface area contributed by atoms with Gasteiger partial charge in [0.25, 0.3) is 0 Å². The van der Waals surface area contributed by atoms with Crippen molar-refractivity contribution in [3.05, 3.63) is 83.1 Å². The molecule has 1 aliphatic rings. The number of allylic oxidation sites excluding steroid dienone is 14. The van der Waals surface area contributed by atoms with Crippen LogP contribution in [-0.2, 0) is 4.79 Å². The summed E-state index contributed by atoms with van der Waals surface area (Å²) in [6.07, 6.45) is 38.9. The molecular formula is C38H60O2. The highest BCUT2D eigenvalue weighted by atomic mass is 16.4. The molecule has 0 bridgehead atoms. The Morgan fingerprint density at radius 1 is 0.900 bits per heavy atom. The Labute approximate surface area is 247 Å². The first-order chi connectivity index (χ1) is 19.2. The zero-order valence-corrected chi connectivity index (χ0v) is 26.8. The van der Waals surface area contributed by atoms with Gasteiger partial charge < -0.3 is 5.11 Å². The Morgan fingerprint density at radius 3 is 2.17 bits per heavy atom. The molecule has 0 radical (unpaired) electrons. The molecule has 1 aliphatic carbocycles. The van der Waals surface area contributed by atoms with Crippen molar-refractivity contribution in [2.75, 3.05) is 0 Å². The smallest absolute Gasteiger partial charge is 0.306 e. The predicted molar refractivity (Wildman–Crippen MR) is 177 cm³/mol. The van der Waals surface area contributed by atoms with Crippen LogP contribution >= 0.6 is 0 Å². The minimum absolute atomic E-state index is 0.261. The van der Waals surface area contributed by atoms with E-state index in [2.05, 4.69) is 102 Å². The lowest BCUT2D eigenvalue weighted by Gasteiger charge is -2.32. The van der Waals surface area contributed by atoms with Crippen LogP contribution in [-0.4, -0.2) is 11.1 Å². The number of unbranched alkanes of at least 4 members (excludes halogenated alkanes) is 8. The first kappa shape index (κ1) is 35.7. The molecule has 40 heavy (non-hydrogen) atoms.